The van der Waals surface area contributed by atoms with Gasteiger partial charge in [0.15, 0.2) is 0 Å². The quantitative estimate of drug-likeness (QED) is 0.813. The second kappa shape index (κ2) is 4.24. The third-order valence-electron chi connectivity index (χ3n) is 6.12. The van der Waals surface area contributed by atoms with Crippen molar-refractivity contribution in [2.45, 2.75) is 47.1 Å². The summed E-state index contributed by atoms with van der Waals surface area (Å²) in [7, 11) is 2.10. The van der Waals surface area contributed by atoms with Gasteiger partial charge in [0.25, 0.3) is 0 Å². The Balaban J connectivity index is 1.87. The fraction of sp³-hybridized carbons (Fsp3) is 1.00. The van der Waals surface area contributed by atoms with Crippen LogP contribution in [0.4, 0.5) is 0 Å². The van der Waals surface area contributed by atoms with Crippen LogP contribution in [0.5, 0.6) is 0 Å². The van der Waals surface area contributed by atoms with Gasteiger partial charge in [-0.25, -0.2) is 0 Å². The molecule has 1 saturated heterocycles. The molecule has 0 spiro atoms. The lowest BCUT2D eigenvalue weighted by Gasteiger charge is -2.37. The Labute approximate surface area is 107 Å². The predicted octanol–water partition coefficient (Wildman–Crippen LogP) is 2.60. The number of nitrogens with one attached hydrogen (secondary N) is 1. The Hall–Kier alpha value is -0.0800. The van der Waals surface area contributed by atoms with Gasteiger partial charge in [-0.05, 0) is 42.7 Å². The van der Waals surface area contributed by atoms with Crippen molar-refractivity contribution >= 4 is 0 Å². The van der Waals surface area contributed by atoms with Gasteiger partial charge >= 0.3 is 0 Å². The minimum atomic E-state index is 0.538. The lowest BCUT2D eigenvalue weighted by atomic mass is 9.93. The average molecular weight is 238 g/mol. The molecule has 1 saturated carbocycles. The molecular formula is C15H30N2. The maximum Gasteiger partial charge on any atom is 0.0114 e. The number of piperidine rings is 1. The number of likely N-dealkylation sites (tertiary alicyclic amines) is 1. The molecule has 2 heteroatoms. The molecule has 0 amide bonds. The van der Waals surface area contributed by atoms with E-state index in [9.17, 15) is 0 Å². The third-order valence-corrected chi connectivity index (χ3v) is 6.12. The van der Waals surface area contributed by atoms with Crippen LogP contribution in [0, 0.1) is 22.7 Å². The zero-order chi connectivity index (χ0) is 12.8. The zero-order valence-electron chi connectivity index (χ0n) is 12.5. The van der Waals surface area contributed by atoms with E-state index >= 15 is 0 Å². The summed E-state index contributed by atoms with van der Waals surface area (Å²) in [4.78, 5) is 2.69. The van der Waals surface area contributed by atoms with Crippen LogP contribution in [-0.2, 0) is 0 Å². The molecule has 0 aromatic rings. The van der Waals surface area contributed by atoms with Crippen LogP contribution in [0.3, 0.4) is 0 Å². The van der Waals surface area contributed by atoms with E-state index in [1.54, 1.807) is 0 Å². The fourth-order valence-electron chi connectivity index (χ4n) is 3.87. The summed E-state index contributed by atoms with van der Waals surface area (Å²) in [5, 5.41) is 3.45. The maximum atomic E-state index is 3.45. The number of hydrogen-bond acceptors (Lipinski definition) is 2. The highest BCUT2D eigenvalue weighted by Crippen LogP contribution is 2.68. The number of nitrogens with zero attached hydrogens (tertiary/aromatic N) is 1. The molecule has 0 radical (unpaired) electrons. The summed E-state index contributed by atoms with van der Waals surface area (Å²) in [5.74, 6) is 1.67. The molecule has 2 aliphatic rings. The SMILES string of the molecule is CNC1CCN(CC2C(C)(C)C2(C)C)CC1C. The summed E-state index contributed by atoms with van der Waals surface area (Å²) in [6.07, 6.45) is 1.31. The van der Waals surface area contributed by atoms with Crippen molar-refractivity contribution < 1.29 is 0 Å². The molecule has 1 heterocycles. The largest absolute Gasteiger partial charge is 0.317 e. The van der Waals surface area contributed by atoms with Crippen LogP contribution in [0.15, 0.2) is 0 Å². The standard InChI is InChI=1S/C15H30N2/c1-11-9-17(8-7-12(11)16-6)10-13-14(2,3)15(13,4)5/h11-13,16H,7-10H2,1-6H3. The summed E-state index contributed by atoms with van der Waals surface area (Å²) in [5.41, 5.74) is 1.08. The second-order valence-electron chi connectivity index (χ2n) is 7.42. The van der Waals surface area contributed by atoms with Gasteiger partial charge in [0, 0.05) is 19.1 Å². The van der Waals surface area contributed by atoms with E-state index in [-0.39, 0.29) is 0 Å². The highest BCUT2D eigenvalue weighted by molar-refractivity contribution is 5.13. The molecule has 1 N–H and O–H groups in total. The molecule has 0 bridgehead atoms. The topological polar surface area (TPSA) is 15.3 Å². The number of rotatable bonds is 3. The monoisotopic (exact) mass is 238 g/mol. The molecule has 17 heavy (non-hydrogen) atoms. The first kappa shape index (κ1) is 13.4. The van der Waals surface area contributed by atoms with E-state index in [2.05, 4.69) is 51.9 Å². The van der Waals surface area contributed by atoms with Crippen molar-refractivity contribution in [3.8, 4) is 0 Å². The lowest BCUT2D eigenvalue weighted by Crippen LogP contribution is -2.47. The maximum absolute atomic E-state index is 3.45. The molecular weight excluding hydrogens is 208 g/mol. The normalized spacial score (nSPS) is 37.1. The van der Waals surface area contributed by atoms with E-state index in [0.717, 1.165) is 17.9 Å². The third kappa shape index (κ3) is 2.15. The van der Waals surface area contributed by atoms with Gasteiger partial charge in [-0.15, -0.1) is 0 Å². The van der Waals surface area contributed by atoms with Crippen molar-refractivity contribution in [3.63, 3.8) is 0 Å². The van der Waals surface area contributed by atoms with Crippen molar-refractivity contribution in [3.05, 3.63) is 0 Å². The van der Waals surface area contributed by atoms with Crippen LogP contribution in [-0.4, -0.2) is 37.6 Å². The first-order chi connectivity index (χ1) is 7.80. The minimum absolute atomic E-state index is 0.538. The Bertz CT molecular complexity index is 269. The van der Waals surface area contributed by atoms with Gasteiger partial charge in [-0.3, -0.25) is 0 Å². The Morgan fingerprint density at radius 3 is 2.18 bits per heavy atom. The summed E-state index contributed by atoms with van der Waals surface area (Å²) in [6.45, 7) is 16.0. The van der Waals surface area contributed by atoms with Crippen LogP contribution in [0.25, 0.3) is 0 Å². The van der Waals surface area contributed by atoms with E-state index in [0.29, 0.717) is 10.8 Å². The van der Waals surface area contributed by atoms with Crippen LogP contribution >= 0.6 is 0 Å². The first-order valence-electron chi connectivity index (χ1n) is 7.20. The van der Waals surface area contributed by atoms with Crippen molar-refractivity contribution in [1.29, 1.82) is 0 Å². The molecule has 2 nitrogen and oxygen atoms in total. The minimum Gasteiger partial charge on any atom is -0.317 e. The van der Waals surface area contributed by atoms with E-state index in [1.807, 2.05) is 0 Å². The van der Waals surface area contributed by atoms with E-state index in [4.69, 9.17) is 0 Å². The van der Waals surface area contributed by atoms with Gasteiger partial charge < -0.3 is 10.2 Å². The van der Waals surface area contributed by atoms with Gasteiger partial charge in [-0.1, -0.05) is 34.6 Å². The molecule has 100 valence electrons. The van der Waals surface area contributed by atoms with Gasteiger partial charge in [0.1, 0.15) is 0 Å². The Morgan fingerprint density at radius 2 is 1.76 bits per heavy atom. The molecule has 1 aliphatic heterocycles. The van der Waals surface area contributed by atoms with Crippen LogP contribution in [0.2, 0.25) is 0 Å². The Kier molecular flexibility index (Phi) is 3.33. The summed E-state index contributed by atoms with van der Waals surface area (Å²) in [6, 6.07) is 0.728. The first-order valence-corrected chi connectivity index (χ1v) is 7.20. The predicted molar refractivity (Wildman–Crippen MR) is 74.1 cm³/mol. The van der Waals surface area contributed by atoms with E-state index in [1.165, 1.54) is 26.1 Å². The van der Waals surface area contributed by atoms with Crippen molar-refractivity contribution in [1.82, 2.24) is 10.2 Å². The molecule has 2 rings (SSSR count). The molecule has 2 fully saturated rings. The molecule has 1 aliphatic carbocycles. The highest BCUT2D eigenvalue weighted by Gasteiger charge is 2.64. The lowest BCUT2D eigenvalue weighted by molar-refractivity contribution is 0.139. The van der Waals surface area contributed by atoms with Gasteiger partial charge in [-0.2, -0.15) is 0 Å². The summed E-state index contributed by atoms with van der Waals surface area (Å²) >= 11 is 0. The summed E-state index contributed by atoms with van der Waals surface area (Å²) < 4.78 is 0. The fourth-order valence-corrected chi connectivity index (χ4v) is 3.87. The average Bonchev–Trinajstić information content (AvgIpc) is 2.61. The van der Waals surface area contributed by atoms with Crippen molar-refractivity contribution in [2.24, 2.45) is 22.7 Å². The van der Waals surface area contributed by atoms with Gasteiger partial charge in [0.05, 0.1) is 0 Å². The molecule has 0 aromatic heterocycles. The smallest absolute Gasteiger partial charge is 0.0114 e. The number of hydrogen-bond donors (Lipinski definition) is 1. The van der Waals surface area contributed by atoms with Crippen molar-refractivity contribution in [2.75, 3.05) is 26.7 Å². The Morgan fingerprint density at radius 1 is 1.18 bits per heavy atom. The molecule has 2 unspecified atom stereocenters. The highest BCUT2D eigenvalue weighted by atomic mass is 15.2. The molecule has 2 atom stereocenters. The van der Waals surface area contributed by atoms with E-state index < -0.39 is 0 Å². The van der Waals surface area contributed by atoms with Crippen LogP contribution < -0.4 is 5.32 Å². The van der Waals surface area contributed by atoms with Gasteiger partial charge in [0.2, 0.25) is 0 Å². The molecule has 0 aromatic carbocycles. The zero-order valence-corrected chi connectivity index (χ0v) is 12.5. The van der Waals surface area contributed by atoms with Crippen LogP contribution in [0.1, 0.15) is 41.0 Å². The second-order valence-corrected chi connectivity index (χ2v) is 7.42.